The summed E-state index contributed by atoms with van der Waals surface area (Å²) in [6, 6.07) is 5.32. The van der Waals surface area contributed by atoms with Crippen molar-refractivity contribution >= 4 is 21.8 Å². The molecule has 2 heterocycles. The van der Waals surface area contributed by atoms with Crippen molar-refractivity contribution in [2.75, 3.05) is 13.1 Å². The van der Waals surface area contributed by atoms with Gasteiger partial charge >= 0.3 is 0 Å². The van der Waals surface area contributed by atoms with E-state index in [0.717, 1.165) is 60.1 Å². The van der Waals surface area contributed by atoms with E-state index >= 15 is 0 Å². The van der Waals surface area contributed by atoms with Crippen LogP contribution < -0.4 is 0 Å². The second-order valence-electron chi connectivity index (χ2n) is 7.56. The van der Waals surface area contributed by atoms with Crippen molar-refractivity contribution in [3.05, 3.63) is 51.3 Å². The van der Waals surface area contributed by atoms with Gasteiger partial charge in [-0.3, -0.25) is 9.78 Å². The van der Waals surface area contributed by atoms with Crippen molar-refractivity contribution in [3.8, 4) is 11.5 Å². The number of carbonyl (C=O) groups excluding carboxylic acids is 1. The highest BCUT2D eigenvalue weighted by Crippen LogP contribution is 2.46. The number of halogens is 1. The number of hydrogen-bond donors (Lipinski definition) is 2. The molecule has 0 spiro atoms. The lowest BCUT2D eigenvalue weighted by Gasteiger charge is -2.36. The molecule has 1 aromatic carbocycles. The Morgan fingerprint density at radius 3 is 2.56 bits per heavy atom. The molecule has 27 heavy (non-hydrogen) atoms. The first-order valence-electron chi connectivity index (χ1n) is 9.38. The molecule has 6 heteroatoms. The molecule has 2 aromatic rings. The molecule has 1 unspecified atom stereocenters. The van der Waals surface area contributed by atoms with Gasteiger partial charge in [0.15, 0.2) is 0 Å². The molecule has 5 nitrogen and oxygen atoms in total. The Balaban J connectivity index is 1.80. The second-order valence-corrected chi connectivity index (χ2v) is 8.47. The van der Waals surface area contributed by atoms with Gasteiger partial charge in [-0.1, -0.05) is 0 Å². The summed E-state index contributed by atoms with van der Waals surface area (Å²) < 4.78 is 0.949. The predicted octanol–water partition coefficient (Wildman–Crippen LogP) is 3.74. The van der Waals surface area contributed by atoms with Gasteiger partial charge in [0.1, 0.15) is 11.5 Å². The van der Waals surface area contributed by atoms with Crippen LogP contribution in [0.1, 0.15) is 48.1 Å². The smallest absolute Gasteiger partial charge is 0.219 e. The van der Waals surface area contributed by atoms with Crippen LogP contribution in [0.5, 0.6) is 11.5 Å². The number of benzene rings is 1. The maximum atomic E-state index is 11.7. The van der Waals surface area contributed by atoms with E-state index in [1.54, 1.807) is 13.0 Å². The van der Waals surface area contributed by atoms with Crippen LogP contribution in [0.25, 0.3) is 0 Å². The Morgan fingerprint density at radius 2 is 1.85 bits per heavy atom. The summed E-state index contributed by atoms with van der Waals surface area (Å²) >= 11 is 3.52. The normalized spacial score (nSPS) is 19.9. The van der Waals surface area contributed by atoms with Crippen molar-refractivity contribution in [1.82, 2.24) is 9.88 Å². The zero-order valence-corrected chi connectivity index (χ0v) is 16.9. The minimum atomic E-state index is -0.0275. The number of aromatic hydroxyl groups is 2. The molecule has 4 rings (SSSR count). The van der Waals surface area contributed by atoms with Crippen LogP contribution >= 0.6 is 15.9 Å². The fraction of sp³-hybridized carbons (Fsp3) is 0.429. The zero-order valence-electron chi connectivity index (χ0n) is 15.3. The van der Waals surface area contributed by atoms with Crippen molar-refractivity contribution in [2.24, 2.45) is 5.92 Å². The average Bonchev–Trinajstić information content (AvgIpc) is 2.78. The molecule has 2 aliphatic rings. The summed E-state index contributed by atoms with van der Waals surface area (Å²) in [6.45, 7) is 3.08. The van der Waals surface area contributed by atoms with Crippen LogP contribution in [-0.2, 0) is 17.6 Å². The summed E-state index contributed by atoms with van der Waals surface area (Å²) in [5, 5.41) is 20.7. The third-order valence-electron chi connectivity index (χ3n) is 5.92. The molecular weight excluding hydrogens is 408 g/mol. The van der Waals surface area contributed by atoms with Crippen molar-refractivity contribution < 1.29 is 15.0 Å². The largest absolute Gasteiger partial charge is 0.508 e. The van der Waals surface area contributed by atoms with Gasteiger partial charge in [0.2, 0.25) is 5.91 Å². The molecule has 1 saturated heterocycles. The van der Waals surface area contributed by atoms with Crippen LogP contribution in [-0.4, -0.2) is 39.1 Å². The Kier molecular flexibility index (Phi) is 4.84. The van der Waals surface area contributed by atoms with E-state index in [4.69, 9.17) is 4.98 Å². The number of carbonyl (C=O) groups is 1. The van der Waals surface area contributed by atoms with Crippen LogP contribution in [0.4, 0.5) is 0 Å². The number of pyridine rings is 1. The Morgan fingerprint density at radius 1 is 1.15 bits per heavy atom. The molecular formula is C21H23BrN2O3. The van der Waals surface area contributed by atoms with E-state index in [2.05, 4.69) is 22.0 Å². The van der Waals surface area contributed by atoms with Crippen molar-refractivity contribution in [2.45, 2.75) is 38.5 Å². The first-order valence-corrected chi connectivity index (χ1v) is 10.2. The van der Waals surface area contributed by atoms with Gasteiger partial charge in [-0.2, -0.15) is 0 Å². The fourth-order valence-electron chi connectivity index (χ4n) is 4.63. The molecule has 1 aliphatic carbocycles. The summed E-state index contributed by atoms with van der Waals surface area (Å²) in [7, 11) is 0. The number of hydrogen-bond acceptors (Lipinski definition) is 4. The minimum absolute atomic E-state index is 0.0275. The lowest BCUT2D eigenvalue weighted by molar-refractivity contribution is -0.130. The third kappa shape index (κ3) is 3.43. The molecule has 0 bridgehead atoms. The lowest BCUT2D eigenvalue weighted by Crippen LogP contribution is -2.38. The SMILES string of the molecule is CC(=O)N1CCC(C2c3ncc(Br)cc3CCc3cc(O)cc(O)c32)CC1. The number of amides is 1. The van der Waals surface area contributed by atoms with Gasteiger partial charge in [0.25, 0.3) is 0 Å². The second kappa shape index (κ2) is 7.15. The fourth-order valence-corrected chi connectivity index (χ4v) is 5.01. The molecule has 1 aliphatic heterocycles. The first-order chi connectivity index (χ1) is 12.9. The van der Waals surface area contributed by atoms with Crippen LogP contribution in [0.15, 0.2) is 28.9 Å². The van der Waals surface area contributed by atoms with Crippen molar-refractivity contribution in [3.63, 3.8) is 0 Å². The van der Waals surface area contributed by atoms with Gasteiger partial charge in [-0.25, -0.2) is 0 Å². The van der Waals surface area contributed by atoms with Crippen LogP contribution in [0, 0.1) is 5.92 Å². The minimum Gasteiger partial charge on any atom is -0.508 e. The number of aryl methyl sites for hydroxylation is 2. The highest BCUT2D eigenvalue weighted by molar-refractivity contribution is 9.10. The zero-order chi connectivity index (χ0) is 19.1. The van der Waals surface area contributed by atoms with Gasteiger partial charge in [0.05, 0.1) is 5.69 Å². The highest BCUT2D eigenvalue weighted by Gasteiger charge is 2.36. The van der Waals surface area contributed by atoms with E-state index in [1.165, 1.54) is 11.6 Å². The van der Waals surface area contributed by atoms with Gasteiger partial charge in [0, 0.05) is 48.2 Å². The summed E-state index contributed by atoms with van der Waals surface area (Å²) in [5.41, 5.74) is 4.07. The summed E-state index contributed by atoms with van der Waals surface area (Å²) in [6.07, 6.45) is 5.15. The highest BCUT2D eigenvalue weighted by atomic mass is 79.9. The van der Waals surface area contributed by atoms with Gasteiger partial charge in [-0.15, -0.1) is 0 Å². The number of likely N-dealkylation sites (tertiary alicyclic amines) is 1. The number of nitrogens with zero attached hydrogens (tertiary/aromatic N) is 2. The molecule has 1 atom stereocenters. The monoisotopic (exact) mass is 430 g/mol. The number of phenolic OH excluding ortho intramolecular Hbond substituents is 2. The maximum Gasteiger partial charge on any atom is 0.219 e. The Labute approximate surface area is 167 Å². The number of rotatable bonds is 1. The van der Waals surface area contributed by atoms with Crippen LogP contribution in [0.2, 0.25) is 0 Å². The number of phenols is 2. The van der Waals surface area contributed by atoms with E-state index in [-0.39, 0.29) is 23.3 Å². The van der Waals surface area contributed by atoms with E-state index in [1.807, 2.05) is 11.1 Å². The number of fused-ring (bicyclic) bond motifs is 2. The van der Waals surface area contributed by atoms with Crippen molar-refractivity contribution in [1.29, 1.82) is 0 Å². The first kappa shape index (κ1) is 18.3. The predicted molar refractivity (Wildman–Crippen MR) is 106 cm³/mol. The molecule has 1 amide bonds. The van der Waals surface area contributed by atoms with E-state index in [9.17, 15) is 15.0 Å². The maximum absolute atomic E-state index is 11.7. The van der Waals surface area contributed by atoms with E-state index < -0.39 is 0 Å². The van der Waals surface area contributed by atoms with Gasteiger partial charge < -0.3 is 15.1 Å². The summed E-state index contributed by atoms with van der Waals surface area (Å²) in [4.78, 5) is 18.3. The molecule has 2 N–H and O–H groups in total. The molecule has 0 saturated carbocycles. The molecule has 1 fully saturated rings. The average molecular weight is 431 g/mol. The molecule has 142 valence electrons. The number of piperidine rings is 1. The lowest BCUT2D eigenvalue weighted by atomic mass is 9.76. The molecule has 0 radical (unpaired) electrons. The quantitative estimate of drug-likeness (QED) is 0.722. The topological polar surface area (TPSA) is 73.7 Å². The summed E-state index contributed by atoms with van der Waals surface area (Å²) in [5.74, 6) is 0.614. The Bertz CT molecular complexity index is 891. The standard InChI is InChI=1S/C21H23BrN2O3/c1-12(25)24-6-4-13(5-7-24)20-19-14(9-17(26)10-18(19)27)2-3-15-8-16(22)11-23-21(15)20/h8-11,13,20,26-27H,2-7H2,1H3. The third-order valence-corrected chi connectivity index (χ3v) is 6.36. The Hall–Kier alpha value is -2.08. The molecule has 1 aromatic heterocycles. The van der Waals surface area contributed by atoms with Gasteiger partial charge in [-0.05, 0) is 70.8 Å². The van der Waals surface area contributed by atoms with Crippen LogP contribution in [0.3, 0.4) is 0 Å². The van der Waals surface area contributed by atoms with E-state index in [0.29, 0.717) is 5.92 Å². The number of aromatic nitrogens is 1.